The average molecular weight is 480 g/mol. The first-order chi connectivity index (χ1) is 15.9. The van der Waals surface area contributed by atoms with E-state index in [4.69, 9.17) is 5.10 Å². The maximum Gasteiger partial charge on any atom is 0.316 e. The number of fused-ring (bicyclic) bond motifs is 1. The van der Waals surface area contributed by atoms with Gasteiger partial charge in [0.1, 0.15) is 22.4 Å². The highest BCUT2D eigenvalue weighted by atomic mass is 32.2. The normalized spacial score (nSPS) is 23.0. The van der Waals surface area contributed by atoms with Crippen molar-refractivity contribution >= 4 is 33.2 Å². The summed E-state index contributed by atoms with van der Waals surface area (Å²) in [5, 5.41) is 8.23. The molecule has 0 spiro atoms. The molecule has 0 radical (unpaired) electrons. The molecule has 7 nitrogen and oxygen atoms in total. The van der Waals surface area contributed by atoms with Crippen LogP contribution in [-0.2, 0) is 10.8 Å². The molecule has 5 rings (SSSR count). The lowest BCUT2D eigenvalue weighted by atomic mass is 9.88. The van der Waals surface area contributed by atoms with E-state index in [1.807, 2.05) is 10.7 Å². The second kappa shape index (κ2) is 8.94. The Morgan fingerprint density at radius 3 is 2.36 bits per heavy atom. The van der Waals surface area contributed by atoms with Gasteiger partial charge in [0.2, 0.25) is 0 Å². The van der Waals surface area contributed by atoms with Crippen LogP contribution in [0.2, 0.25) is 0 Å². The smallest absolute Gasteiger partial charge is 0.316 e. The third-order valence-corrected chi connectivity index (χ3v) is 7.60. The van der Waals surface area contributed by atoms with E-state index in [1.54, 1.807) is 6.20 Å². The van der Waals surface area contributed by atoms with Gasteiger partial charge >= 0.3 is 5.76 Å². The van der Waals surface area contributed by atoms with Crippen molar-refractivity contribution in [3.63, 3.8) is 0 Å². The minimum atomic E-state index is -2.95. The Balaban J connectivity index is 1.38. The molecule has 11 heteroatoms. The monoisotopic (exact) mass is 479 g/mol. The Hall–Kier alpha value is -2.66. The number of aromatic amines is 1. The number of nitrogens with zero attached hydrogens (tertiary/aromatic N) is 3. The number of hydrogen-bond acceptors (Lipinski definition) is 5. The molecule has 1 aliphatic heterocycles. The van der Waals surface area contributed by atoms with Gasteiger partial charge in [0.15, 0.2) is 5.82 Å². The lowest BCUT2D eigenvalue weighted by Gasteiger charge is -2.43. The molecule has 1 aromatic carbocycles. The molecule has 176 valence electrons. The van der Waals surface area contributed by atoms with Crippen molar-refractivity contribution in [3.05, 3.63) is 46.9 Å². The first kappa shape index (κ1) is 22.1. The number of H-pyrrole nitrogens is 1. The van der Waals surface area contributed by atoms with Crippen LogP contribution in [0.25, 0.3) is 10.9 Å². The van der Waals surface area contributed by atoms with Crippen molar-refractivity contribution in [3.8, 4) is 0 Å². The van der Waals surface area contributed by atoms with E-state index in [-0.39, 0.29) is 16.5 Å². The lowest BCUT2D eigenvalue weighted by Crippen LogP contribution is -2.54. The number of likely N-dealkylation sites (tertiary alicyclic amines) is 1. The minimum absolute atomic E-state index is 0.0295. The number of hydrogen-bond donors (Lipinski definition) is 2. The van der Waals surface area contributed by atoms with Gasteiger partial charge in [-0.3, -0.25) is 14.4 Å². The molecule has 3 heterocycles. The second-order valence-electron chi connectivity index (χ2n) is 8.58. The van der Waals surface area contributed by atoms with E-state index in [2.05, 4.69) is 15.2 Å². The molecule has 1 aliphatic carbocycles. The van der Waals surface area contributed by atoms with Crippen LogP contribution < -0.4 is 10.9 Å². The third-order valence-electron chi connectivity index (χ3n) is 6.54. The molecule has 1 saturated heterocycles. The molecule has 33 heavy (non-hydrogen) atoms. The highest BCUT2D eigenvalue weighted by Gasteiger charge is 2.35. The number of halogens is 3. The maximum absolute atomic E-state index is 13.2. The summed E-state index contributed by atoms with van der Waals surface area (Å²) in [6, 6.07) is 8.15. The molecular formula is C22H24F3N5O2S. The average Bonchev–Trinajstić information content (AvgIpc) is 3.16. The molecule has 1 saturated carbocycles. The Labute approximate surface area is 190 Å². The number of alkyl halides is 3. The summed E-state index contributed by atoms with van der Waals surface area (Å²) >= 11 is 0. The van der Waals surface area contributed by atoms with E-state index in [1.165, 1.54) is 24.3 Å². The number of aromatic nitrogens is 3. The van der Waals surface area contributed by atoms with Crippen molar-refractivity contribution in [2.45, 2.75) is 54.6 Å². The van der Waals surface area contributed by atoms with Crippen molar-refractivity contribution in [1.82, 2.24) is 19.7 Å². The van der Waals surface area contributed by atoms with Crippen LogP contribution in [-0.4, -0.2) is 54.9 Å². The predicted octanol–water partition coefficient (Wildman–Crippen LogP) is 3.94. The molecule has 1 atom stereocenters. The fourth-order valence-corrected chi connectivity index (χ4v) is 5.41. The zero-order valence-electron chi connectivity index (χ0n) is 17.7. The highest BCUT2D eigenvalue weighted by Crippen LogP contribution is 2.36. The van der Waals surface area contributed by atoms with Gasteiger partial charge in [-0.05, 0) is 56.0 Å². The highest BCUT2D eigenvalue weighted by molar-refractivity contribution is 7.85. The van der Waals surface area contributed by atoms with Gasteiger partial charge in [0.25, 0.3) is 5.56 Å². The number of benzene rings is 1. The van der Waals surface area contributed by atoms with Crippen LogP contribution in [0.5, 0.6) is 0 Å². The molecule has 2 fully saturated rings. The lowest BCUT2D eigenvalue weighted by molar-refractivity contribution is 0.00876. The van der Waals surface area contributed by atoms with E-state index >= 15 is 0 Å². The minimum Gasteiger partial charge on any atom is -0.338 e. The van der Waals surface area contributed by atoms with Gasteiger partial charge in [-0.15, -0.1) is 0 Å². The van der Waals surface area contributed by atoms with Gasteiger partial charge in [-0.25, -0.2) is 8.60 Å². The van der Waals surface area contributed by atoms with E-state index in [0.29, 0.717) is 41.5 Å². The summed E-state index contributed by atoms with van der Waals surface area (Å²) in [7, 11) is -2.38. The summed E-state index contributed by atoms with van der Waals surface area (Å²) in [5.74, 6) is -2.57. The molecule has 0 amide bonds. The summed E-state index contributed by atoms with van der Waals surface area (Å²) in [6.07, 6.45) is 4.56. The number of nitrogens with one attached hydrogen (secondary N) is 2. The van der Waals surface area contributed by atoms with Gasteiger partial charge in [-0.1, -0.05) is 0 Å². The van der Waals surface area contributed by atoms with Gasteiger partial charge in [0.05, 0.1) is 11.6 Å². The quantitative estimate of drug-likeness (QED) is 0.560. The molecular weight excluding hydrogens is 455 g/mol. The zero-order valence-corrected chi connectivity index (χ0v) is 18.5. The third kappa shape index (κ3) is 4.31. The predicted molar refractivity (Wildman–Crippen MR) is 120 cm³/mol. The van der Waals surface area contributed by atoms with Crippen LogP contribution >= 0.6 is 0 Å². The standard InChI is InChI=1S/C22H24F3N5O2S/c23-13-11-29(12-13)15-3-5-16(6-4-15)30-18-9-10-26-21(31)19(18)20(28-30)27-14-1-7-17(8-2-14)33(32)22(24)25/h1-2,7-10,13,15-16,22H,3-6,11-12H2,(H,26,31)(H,27,28). The van der Waals surface area contributed by atoms with E-state index in [9.17, 15) is 22.2 Å². The number of pyridine rings is 1. The van der Waals surface area contributed by atoms with Crippen molar-refractivity contribution < 1.29 is 17.4 Å². The topological polar surface area (TPSA) is 83.0 Å². The summed E-state index contributed by atoms with van der Waals surface area (Å²) in [4.78, 5) is 17.5. The van der Waals surface area contributed by atoms with Gasteiger partial charge < -0.3 is 10.3 Å². The van der Waals surface area contributed by atoms with Crippen LogP contribution in [0.4, 0.5) is 24.7 Å². The zero-order chi connectivity index (χ0) is 23.1. The summed E-state index contributed by atoms with van der Waals surface area (Å²) < 4.78 is 52.0. The molecule has 2 aromatic heterocycles. The van der Waals surface area contributed by atoms with Crippen molar-refractivity contribution in [2.75, 3.05) is 18.4 Å². The Bertz CT molecular complexity index is 1210. The summed E-state index contributed by atoms with van der Waals surface area (Å²) in [6.45, 7) is 1.04. The molecule has 2 aliphatic rings. The first-order valence-corrected chi connectivity index (χ1v) is 12.2. The Morgan fingerprint density at radius 1 is 1.06 bits per heavy atom. The maximum atomic E-state index is 13.2. The molecule has 2 N–H and O–H groups in total. The second-order valence-corrected chi connectivity index (χ2v) is 10.0. The largest absolute Gasteiger partial charge is 0.338 e. The summed E-state index contributed by atoms with van der Waals surface area (Å²) in [5.41, 5.74) is 0.981. The van der Waals surface area contributed by atoms with Gasteiger partial charge in [0, 0.05) is 35.9 Å². The Morgan fingerprint density at radius 2 is 1.73 bits per heavy atom. The van der Waals surface area contributed by atoms with Gasteiger partial charge in [-0.2, -0.15) is 13.9 Å². The molecule has 3 aromatic rings. The fraction of sp³-hybridized carbons (Fsp3) is 0.455. The van der Waals surface area contributed by atoms with Crippen molar-refractivity contribution in [2.24, 2.45) is 0 Å². The molecule has 0 bridgehead atoms. The Kier molecular flexibility index (Phi) is 6.00. The van der Waals surface area contributed by atoms with E-state index < -0.39 is 22.7 Å². The van der Waals surface area contributed by atoms with Crippen LogP contribution in [0, 0.1) is 0 Å². The van der Waals surface area contributed by atoms with E-state index in [0.717, 1.165) is 25.7 Å². The van der Waals surface area contributed by atoms with Crippen LogP contribution in [0.15, 0.2) is 46.2 Å². The van der Waals surface area contributed by atoms with Crippen LogP contribution in [0.3, 0.4) is 0 Å². The fourth-order valence-electron chi connectivity index (χ4n) is 4.80. The SMILES string of the molecule is O=c1[nH]ccc2c1c(Nc1ccc(S(=O)C(F)F)cc1)nn2C1CCC(N2CC(F)C2)CC1. The first-order valence-electron chi connectivity index (χ1n) is 10.9. The number of rotatable bonds is 6. The van der Waals surface area contributed by atoms with Crippen LogP contribution in [0.1, 0.15) is 31.7 Å². The number of anilines is 2. The molecule has 1 unspecified atom stereocenters. The van der Waals surface area contributed by atoms with Crippen molar-refractivity contribution in [1.29, 1.82) is 0 Å².